The maximum Gasteiger partial charge on any atom is 0.0735 e. The van der Waals surface area contributed by atoms with Crippen molar-refractivity contribution in [3.8, 4) is 22.3 Å². The second-order valence-electron chi connectivity index (χ2n) is 8.81. The summed E-state index contributed by atoms with van der Waals surface area (Å²) < 4.78 is 0. The fraction of sp³-hybridized carbons (Fsp3) is 0.0323. The molecule has 0 radical (unpaired) electrons. The van der Waals surface area contributed by atoms with Gasteiger partial charge < -0.3 is 0 Å². The van der Waals surface area contributed by atoms with Crippen molar-refractivity contribution in [2.24, 2.45) is 0 Å². The molecule has 0 bridgehead atoms. The fourth-order valence-electron chi connectivity index (χ4n) is 5.75. The number of benzene rings is 5. The van der Waals surface area contributed by atoms with Crippen LogP contribution in [0.5, 0.6) is 0 Å². The molecule has 1 aliphatic carbocycles. The van der Waals surface area contributed by atoms with Crippen molar-refractivity contribution in [2.75, 3.05) is 0 Å². The molecule has 0 aromatic heterocycles. The smallest absolute Gasteiger partial charge is 0.0735 e. The molecule has 0 amide bonds. The molecule has 0 fully saturated rings. The molecular formula is C31H18Cl2S. The average molecular weight is 493 g/mol. The molecular weight excluding hydrogens is 475 g/mol. The first-order valence-electron chi connectivity index (χ1n) is 11.2. The minimum Gasteiger partial charge on any atom is -0.0894 e. The third kappa shape index (κ3) is 2.75. The van der Waals surface area contributed by atoms with E-state index in [1.165, 1.54) is 43.2 Å². The first kappa shape index (κ1) is 20.4. The Kier molecular flexibility index (Phi) is 4.51. The van der Waals surface area contributed by atoms with Crippen LogP contribution in [0.15, 0.2) is 119 Å². The van der Waals surface area contributed by atoms with Crippen LogP contribution >= 0.6 is 35.0 Å². The fourth-order valence-corrected chi connectivity index (χ4v) is 7.47. The third-order valence-electron chi connectivity index (χ3n) is 7.04. The molecule has 0 nitrogen and oxygen atoms in total. The number of hydrogen-bond donors (Lipinski definition) is 0. The van der Waals surface area contributed by atoms with E-state index in [9.17, 15) is 0 Å². The second kappa shape index (κ2) is 7.52. The van der Waals surface area contributed by atoms with Gasteiger partial charge >= 0.3 is 0 Å². The van der Waals surface area contributed by atoms with Crippen molar-refractivity contribution in [2.45, 2.75) is 15.2 Å². The Morgan fingerprint density at radius 3 is 1.71 bits per heavy atom. The molecule has 1 aliphatic heterocycles. The lowest BCUT2D eigenvalue weighted by Crippen LogP contribution is -2.31. The van der Waals surface area contributed by atoms with E-state index >= 15 is 0 Å². The van der Waals surface area contributed by atoms with Crippen molar-refractivity contribution in [3.05, 3.63) is 141 Å². The molecule has 1 heterocycles. The number of halogens is 2. The lowest BCUT2D eigenvalue weighted by Gasteiger charge is -2.39. The quantitative estimate of drug-likeness (QED) is 0.219. The maximum atomic E-state index is 6.38. The predicted molar refractivity (Wildman–Crippen MR) is 143 cm³/mol. The van der Waals surface area contributed by atoms with Crippen LogP contribution in [0.1, 0.15) is 22.3 Å². The Morgan fingerprint density at radius 1 is 0.471 bits per heavy atom. The van der Waals surface area contributed by atoms with Crippen LogP contribution in [0.2, 0.25) is 10.0 Å². The maximum absolute atomic E-state index is 6.38. The molecule has 5 aromatic rings. The van der Waals surface area contributed by atoms with Gasteiger partial charge in [-0.15, -0.1) is 0 Å². The van der Waals surface area contributed by atoms with Gasteiger partial charge in [0.05, 0.1) is 5.41 Å². The Hall–Kier alpha value is -2.97. The Bertz CT molecular complexity index is 1550. The van der Waals surface area contributed by atoms with Crippen LogP contribution in [0, 0.1) is 0 Å². The zero-order valence-electron chi connectivity index (χ0n) is 18.1. The molecule has 2 aliphatic rings. The van der Waals surface area contributed by atoms with Gasteiger partial charge in [0.15, 0.2) is 0 Å². The van der Waals surface area contributed by atoms with Gasteiger partial charge in [0.1, 0.15) is 0 Å². The molecule has 0 atom stereocenters. The van der Waals surface area contributed by atoms with Crippen LogP contribution in [-0.4, -0.2) is 0 Å². The molecule has 1 spiro atoms. The molecule has 0 unspecified atom stereocenters. The Balaban J connectivity index is 1.62. The van der Waals surface area contributed by atoms with E-state index in [0.29, 0.717) is 10.0 Å². The van der Waals surface area contributed by atoms with E-state index in [1.54, 1.807) is 6.07 Å². The minimum atomic E-state index is -0.372. The van der Waals surface area contributed by atoms with Gasteiger partial charge in [0, 0.05) is 19.8 Å². The van der Waals surface area contributed by atoms with E-state index < -0.39 is 0 Å². The summed E-state index contributed by atoms with van der Waals surface area (Å²) in [7, 11) is 0. The lowest BCUT2D eigenvalue weighted by molar-refractivity contribution is 0.722. The molecule has 0 saturated heterocycles. The molecule has 7 rings (SSSR count). The van der Waals surface area contributed by atoms with Crippen LogP contribution in [0.3, 0.4) is 0 Å². The molecule has 5 aromatic carbocycles. The van der Waals surface area contributed by atoms with Crippen molar-refractivity contribution in [1.82, 2.24) is 0 Å². The van der Waals surface area contributed by atoms with Crippen molar-refractivity contribution in [1.29, 1.82) is 0 Å². The highest BCUT2D eigenvalue weighted by Crippen LogP contribution is 2.62. The SMILES string of the molecule is Clc1cc(Cl)cc(-c2ccc3c(c2)C2(c4ccccc4Sc4ccccc42)c2ccccc2-3)c1. The summed E-state index contributed by atoms with van der Waals surface area (Å²) in [6, 6.07) is 39.1. The Morgan fingerprint density at radius 2 is 1.03 bits per heavy atom. The highest BCUT2D eigenvalue weighted by atomic mass is 35.5. The zero-order chi connectivity index (χ0) is 22.9. The molecule has 0 N–H and O–H groups in total. The van der Waals surface area contributed by atoms with Gasteiger partial charge in [0.25, 0.3) is 0 Å². The van der Waals surface area contributed by atoms with Crippen molar-refractivity contribution >= 4 is 35.0 Å². The van der Waals surface area contributed by atoms with Crippen molar-refractivity contribution < 1.29 is 0 Å². The third-order valence-corrected chi connectivity index (χ3v) is 8.63. The van der Waals surface area contributed by atoms with Gasteiger partial charge in [0.2, 0.25) is 0 Å². The molecule has 0 saturated carbocycles. The van der Waals surface area contributed by atoms with Crippen molar-refractivity contribution in [3.63, 3.8) is 0 Å². The largest absolute Gasteiger partial charge is 0.0894 e. The summed E-state index contributed by atoms with van der Waals surface area (Å²) in [5.74, 6) is 0. The summed E-state index contributed by atoms with van der Waals surface area (Å²) >= 11 is 14.6. The summed E-state index contributed by atoms with van der Waals surface area (Å²) in [5, 5.41) is 1.29. The van der Waals surface area contributed by atoms with Gasteiger partial charge in [-0.05, 0) is 80.9 Å². The highest BCUT2D eigenvalue weighted by molar-refractivity contribution is 7.99. The molecule has 162 valence electrons. The van der Waals surface area contributed by atoms with Crippen LogP contribution < -0.4 is 0 Å². The van der Waals surface area contributed by atoms with Gasteiger partial charge in [-0.2, -0.15) is 0 Å². The van der Waals surface area contributed by atoms with E-state index in [4.69, 9.17) is 23.2 Å². The van der Waals surface area contributed by atoms with E-state index in [2.05, 4.69) is 91.0 Å². The topological polar surface area (TPSA) is 0 Å². The van der Waals surface area contributed by atoms with Gasteiger partial charge in [-0.3, -0.25) is 0 Å². The highest BCUT2D eigenvalue weighted by Gasteiger charge is 2.50. The second-order valence-corrected chi connectivity index (χ2v) is 10.8. The average Bonchev–Trinajstić information content (AvgIpc) is 3.14. The van der Waals surface area contributed by atoms with Crippen LogP contribution in [0.25, 0.3) is 22.3 Å². The first-order chi connectivity index (χ1) is 16.7. The van der Waals surface area contributed by atoms with E-state index in [-0.39, 0.29) is 5.41 Å². The minimum absolute atomic E-state index is 0.372. The summed E-state index contributed by atoms with van der Waals surface area (Å²) in [4.78, 5) is 2.61. The van der Waals surface area contributed by atoms with Gasteiger partial charge in [-0.25, -0.2) is 0 Å². The summed E-state index contributed by atoms with van der Waals surface area (Å²) in [5.41, 5.74) is 9.67. The lowest BCUT2D eigenvalue weighted by atomic mass is 9.67. The Labute approximate surface area is 213 Å². The zero-order valence-corrected chi connectivity index (χ0v) is 20.4. The van der Waals surface area contributed by atoms with Crippen LogP contribution in [-0.2, 0) is 5.41 Å². The first-order valence-corrected chi connectivity index (χ1v) is 12.8. The van der Waals surface area contributed by atoms with Gasteiger partial charge in [-0.1, -0.05) is 108 Å². The monoisotopic (exact) mass is 492 g/mol. The molecule has 34 heavy (non-hydrogen) atoms. The number of fused-ring (bicyclic) bond motifs is 9. The normalized spacial score (nSPS) is 14.3. The van der Waals surface area contributed by atoms with Crippen LogP contribution in [0.4, 0.5) is 0 Å². The molecule has 3 heteroatoms. The summed E-state index contributed by atoms with van der Waals surface area (Å²) in [6.07, 6.45) is 0. The van der Waals surface area contributed by atoms with E-state index in [1.807, 2.05) is 23.9 Å². The summed E-state index contributed by atoms with van der Waals surface area (Å²) in [6.45, 7) is 0. The predicted octanol–water partition coefficient (Wildman–Crippen LogP) is 9.49. The number of hydrogen-bond acceptors (Lipinski definition) is 1. The van der Waals surface area contributed by atoms with E-state index in [0.717, 1.165) is 11.1 Å². The standard InChI is InChI=1S/C31H18Cl2S/c32-21-15-20(16-22(33)18-21)19-13-14-24-23-7-1-2-8-25(23)31(28(24)17-19)26-9-3-5-11-29(26)34-30-12-6-4-10-27(30)31/h1-18H. The number of rotatable bonds is 1.